The van der Waals surface area contributed by atoms with Gasteiger partial charge in [-0.15, -0.1) is 20.4 Å². The van der Waals surface area contributed by atoms with Crippen LogP contribution < -0.4 is 0 Å². The zero-order valence-electron chi connectivity index (χ0n) is 12.6. The molecule has 23 heavy (non-hydrogen) atoms. The topological polar surface area (TPSA) is 75.7 Å². The molecule has 0 aliphatic rings. The van der Waals surface area contributed by atoms with Gasteiger partial charge in [0.1, 0.15) is 0 Å². The van der Waals surface area contributed by atoms with E-state index in [1.165, 1.54) is 0 Å². The number of fused-ring (bicyclic) bond motifs is 1. The van der Waals surface area contributed by atoms with E-state index >= 15 is 0 Å². The number of unbranched alkanes of at least 4 members (excludes halogenated alkanes) is 1. The smallest absolute Gasteiger partial charge is 0.220 e. The molecule has 2 heterocycles. The van der Waals surface area contributed by atoms with E-state index in [0.717, 1.165) is 30.3 Å². The molecule has 0 spiro atoms. The SMILES string of the molecule is CCCCn1c(O)c(N=Nc2ccc(Cl)nn2)c2ccccc21. The summed E-state index contributed by atoms with van der Waals surface area (Å²) in [6.45, 7) is 2.85. The first-order chi connectivity index (χ1) is 11.2. The molecule has 1 aromatic carbocycles. The van der Waals surface area contributed by atoms with E-state index in [4.69, 9.17) is 11.6 Å². The van der Waals surface area contributed by atoms with Crippen LogP contribution in [0.25, 0.3) is 10.9 Å². The molecule has 0 atom stereocenters. The monoisotopic (exact) mass is 329 g/mol. The number of hydrogen-bond acceptors (Lipinski definition) is 5. The van der Waals surface area contributed by atoms with Crippen LogP contribution in [0.3, 0.4) is 0 Å². The molecule has 6 nitrogen and oxygen atoms in total. The molecule has 7 heteroatoms. The number of para-hydroxylation sites is 1. The fraction of sp³-hybridized carbons (Fsp3) is 0.250. The zero-order chi connectivity index (χ0) is 16.2. The molecule has 0 saturated carbocycles. The normalized spacial score (nSPS) is 11.6. The Balaban J connectivity index is 2.03. The van der Waals surface area contributed by atoms with Crippen molar-refractivity contribution in [1.82, 2.24) is 14.8 Å². The van der Waals surface area contributed by atoms with Crippen molar-refractivity contribution in [3.8, 4) is 5.88 Å². The minimum atomic E-state index is 0.116. The highest BCUT2D eigenvalue weighted by molar-refractivity contribution is 6.29. The Kier molecular flexibility index (Phi) is 4.52. The Morgan fingerprint density at radius 2 is 1.96 bits per heavy atom. The molecule has 3 rings (SSSR count). The zero-order valence-corrected chi connectivity index (χ0v) is 13.4. The lowest BCUT2D eigenvalue weighted by Crippen LogP contribution is -1.96. The molecule has 118 valence electrons. The maximum absolute atomic E-state index is 10.5. The molecule has 0 amide bonds. The first-order valence-corrected chi connectivity index (χ1v) is 7.79. The first kappa shape index (κ1) is 15.4. The van der Waals surface area contributed by atoms with Gasteiger partial charge in [-0.25, -0.2) is 0 Å². The molecule has 1 N–H and O–H groups in total. The largest absolute Gasteiger partial charge is 0.493 e. The number of rotatable bonds is 5. The molecule has 0 saturated heterocycles. The van der Waals surface area contributed by atoms with Crippen molar-refractivity contribution in [2.75, 3.05) is 0 Å². The van der Waals surface area contributed by atoms with Crippen LogP contribution >= 0.6 is 11.6 Å². The van der Waals surface area contributed by atoms with Crippen molar-refractivity contribution in [3.05, 3.63) is 41.6 Å². The highest BCUT2D eigenvalue weighted by atomic mass is 35.5. The van der Waals surface area contributed by atoms with E-state index in [0.29, 0.717) is 16.7 Å². The van der Waals surface area contributed by atoms with Crippen LogP contribution in [0, 0.1) is 0 Å². The Labute approximate surface area is 138 Å². The minimum Gasteiger partial charge on any atom is -0.493 e. The van der Waals surface area contributed by atoms with Gasteiger partial charge in [0, 0.05) is 11.9 Å². The molecule has 3 aromatic rings. The Morgan fingerprint density at radius 1 is 1.13 bits per heavy atom. The van der Waals surface area contributed by atoms with Gasteiger partial charge in [-0.2, -0.15) is 0 Å². The molecule has 0 radical (unpaired) electrons. The number of aromatic hydroxyl groups is 1. The average molecular weight is 330 g/mol. The molecule has 2 aromatic heterocycles. The van der Waals surface area contributed by atoms with Gasteiger partial charge in [0.15, 0.2) is 16.7 Å². The number of aryl methyl sites for hydroxylation is 1. The molecule has 0 bridgehead atoms. The van der Waals surface area contributed by atoms with Crippen LogP contribution in [0.1, 0.15) is 19.8 Å². The molecule has 0 fully saturated rings. The number of azo groups is 1. The van der Waals surface area contributed by atoms with Crippen molar-refractivity contribution in [3.63, 3.8) is 0 Å². The maximum Gasteiger partial charge on any atom is 0.220 e. The predicted molar refractivity (Wildman–Crippen MR) is 89.7 cm³/mol. The summed E-state index contributed by atoms with van der Waals surface area (Å²) < 4.78 is 1.86. The van der Waals surface area contributed by atoms with Gasteiger partial charge >= 0.3 is 0 Å². The second-order valence-corrected chi connectivity index (χ2v) is 5.50. The summed E-state index contributed by atoms with van der Waals surface area (Å²) >= 11 is 5.69. The Hall–Kier alpha value is -2.47. The molecular weight excluding hydrogens is 314 g/mol. The van der Waals surface area contributed by atoms with Gasteiger partial charge in [-0.05, 0) is 24.6 Å². The van der Waals surface area contributed by atoms with E-state index < -0.39 is 0 Å². The lowest BCUT2D eigenvalue weighted by molar-refractivity contribution is 0.418. The summed E-state index contributed by atoms with van der Waals surface area (Å²) in [5.41, 5.74) is 1.38. The highest BCUT2D eigenvalue weighted by Gasteiger charge is 2.15. The summed E-state index contributed by atoms with van der Waals surface area (Å²) in [4.78, 5) is 0. The van der Waals surface area contributed by atoms with Crippen molar-refractivity contribution in [2.45, 2.75) is 26.3 Å². The van der Waals surface area contributed by atoms with Gasteiger partial charge in [0.25, 0.3) is 0 Å². The first-order valence-electron chi connectivity index (χ1n) is 7.42. The van der Waals surface area contributed by atoms with E-state index in [2.05, 4.69) is 27.3 Å². The van der Waals surface area contributed by atoms with Crippen molar-refractivity contribution in [2.24, 2.45) is 10.2 Å². The van der Waals surface area contributed by atoms with Gasteiger partial charge in [0.05, 0.1) is 5.52 Å². The Morgan fingerprint density at radius 3 is 2.70 bits per heavy atom. The third-order valence-corrected chi connectivity index (χ3v) is 3.72. The molecule has 0 aliphatic carbocycles. The summed E-state index contributed by atoms with van der Waals surface area (Å²) in [6.07, 6.45) is 2.02. The number of aromatic nitrogens is 3. The van der Waals surface area contributed by atoms with E-state index in [-0.39, 0.29) is 5.88 Å². The quantitative estimate of drug-likeness (QED) is 0.669. The van der Waals surface area contributed by atoms with Gasteiger partial charge in [0.2, 0.25) is 5.88 Å². The van der Waals surface area contributed by atoms with Crippen LogP contribution in [0.15, 0.2) is 46.6 Å². The maximum atomic E-state index is 10.5. The predicted octanol–water partition coefficient (Wildman–Crippen LogP) is 5.01. The summed E-state index contributed by atoms with van der Waals surface area (Å²) in [6, 6.07) is 10.9. The number of halogens is 1. The second-order valence-electron chi connectivity index (χ2n) is 5.11. The number of hydrogen-bond donors (Lipinski definition) is 1. The average Bonchev–Trinajstić information content (AvgIpc) is 2.84. The lowest BCUT2D eigenvalue weighted by atomic mass is 10.2. The third kappa shape index (κ3) is 3.17. The van der Waals surface area contributed by atoms with E-state index in [1.54, 1.807) is 12.1 Å². The second kappa shape index (κ2) is 6.75. The van der Waals surface area contributed by atoms with Crippen molar-refractivity contribution < 1.29 is 5.11 Å². The fourth-order valence-electron chi connectivity index (χ4n) is 2.38. The van der Waals surface area contributed by atoms with Crippen LogP contribution in [-0.4, -0.2) is 19.9 Å². The molecular formula is C16H16ClN5O. The standard InChI is InChI=1S/C16H16ClN5O/c1-2-3-10-22-12-7-5-4-6-11(12)15(16(22)23)21-20-14-9-8-13(17)18-19-14/h4-9,23H,2-3,10H2,1H3. The van der Waals surface area contributed by atoms with E-state index in [1.807, 2.05) is 28.8 Å². The number of nitrogens with zero attached hydrogens (tertiary/aromatic N) is 5. The molecule has 0 unspecified atom stereocenters. The van der Waals surface area contributed by atoms with Gasteiger partial charge < -0.3 is 9.67 Å². The van der Waals surface area contributed by atoms with Crippen LogP contribution in [0.5, 0.6) is 5.88 Å². The van der Waals surface area contributed by atoms with Gasteiger partial charge in [-0.1, -0.05) is 43.1 Å². The molecule has 0 aliphatic heterocycles. The highest BCUT2D eigenvalue weighted by Crippen LogP contribution is 2.39. The fourth-order valence-corrected chi connectivity index (χ4v) is 2.48. The third-order valence-electron chi connectivity index (χ3n) is 3.52. The van der Waals surface area contributed by atoms with Gasteiger partial charge in [-0.3, -0.25) is 0 Å². The van der Waals surface area contributed by atoms with E-state index in [9.17, 15) is 5.11 Å². The summed E-state index contributed by atoms with van der Waals surface area (Å²) in [5, 5.41) is 27.4. The van der Waals surface area contributed by atoms with Crippen LogP contribution in [-0.2, 0) is 6.54 Å². The number of benzene rings is 1. The summed E-state index contributed by atoms with van der Waals surface area (Å²) in [7, 11) is 0. The van der Waals surface area contributed by atoms with Crippen LogP contribution in [0.4, 0.5) is 11.5 Å². The van der Waals surface area contributed by atoms with Crippen LogP contribution in [0.2, 0.25) is 5.15 Å². The Bertz CT molecular complexity index is 842. The lowest BCUT2D eigenvalue weighted by Gasteiger charge is -2.05. The minimum absolute atomic E-state index is 0.116. The van der Waals surface area contributed by atoms with Crippen molar-refractivity contribution in [1.29, 1.82) is 0 Å². The van der Waals surface area contributed by atoms with Crippen molar-refractivity contribution >= 4 is 34.0 Å². The summed E-state index contributed by atoms with van der Waals surface area (Å²) in [5.74, 6) is 0.449.